The number of carboxylic acid groups (broad SMARTS) is 1. The smallest absolute Gasteiger partial charge is 0.410 e. The van der Waals surface area contributed by atoms with Crippen LogP contribution in [0.2, 0.25) is 0 Å². The molecular formula is C16H25N5O4. The molecule has 138 valence electrons. The quantitative estimate of drug-likeness (QED) is 0.824. The summed E-state index contributed by atoms with van der Waals surface area (Å²) in [4.78, 5) is 35.0. The van der Waals surface area contributed by atoms with Crippen molar-refractivity contribution in [1.29, 1.82) is 0 Å². The van der Waals surface area contributed by atoms with Crippen molar-refractivity contribution in [3.05, 3.63) is 12.0 Å². The Morgan fingerprint density at radius 3 is 2.44 bits per heavy atom. The first-order valence-electron chi connectivity index (χ1n) is 8.11. The molecule has 0 radical (unpaired) electrons. The van der Waals surface area contributed by atoms with Gasteiger partial charge in [-0.15, -0.1) is 0 Å². The molecule has 0 aliphatic carbocycles. The Labute approximate surface area is 146 Å². The van der Waals surface area contributed by atoms with E-state index < -0.39 is 11.6 Å². The van der Waals surface area contributed by atoms with Crippen LogP contribution in [0.25, 0.3) is 0 Å². The Kier molecular flexibility index (Phi) is 5.05. The fourth-order valence-corrected chi connectivity index (χ4v) is 2.78. The van der Waals surface area contributed by atoms with Gasteiger partial charge in [-0.25, -0.2) is 19.6 Å². The molecule has 1 aliphatic rings. The van der Waals surface area contributed by atoms with Crippen molar-refractivity contribution in [1.82, 2.24) is 14.9 Å². The van der Waals surface area contributed by atoms with Gasteiger partial charge >= 0.3 is 12.1 Å². The van der Waals surface area contributed by atoms with Crippen molar-refractivity contribution in [2.45, 2.75) is 52.3 Å². The number of hydrogen-bond acceptors (Lipinski definition) is 7. The third kappa shape index (κ3) is 4.09. The van der Waals surface area contributed by atoms with E-state index >= 15 is 0 Å². The van der Waals surface area contributed by atoms with Crippen LogP contribution in [0.1, 0.15) is 45.1 Å². The fraction of sp³-hybridized carbons (Fsp3) is 0.625. The van der Waals surface area contributed by atoms with Crippen molar-refractivity contribution in [3.63, 3.8) is 0 Å². The number of carbonyl (C=O) groups excluding carboxylic acids is 1. The number of rotatable bonds is 2. The highest BCUT2D eigenvalue weighted by Crippen LogP contribution is 2.28. The minimum atomic E-state index is -1.20. The zero-order valence-electron chi connectivity index (χ0n) is 15.2. The van der Waals surface area contributed by atoms with E-state index in [4.69, 9.17) is 10.5 Å². The first-order valence-corrected chi connectivity index (χ1v) is 8.11. The second-order valence-electron chi connectivity index (χ2n) is 7.25. The van der Waals surface area contributed by atoms with E-state index in [1.807, 2.05) is 39.5 Å². The molecule has 9 heteroatoms. The molecule has 1 fully saturated rings. The normalized spacial score (nSPS) is 21.2. The minimum Gasteiger partial charge on any atom is -0.476 e. The highest BCUT2D eigenvalue weighted by atomic mass is 16.6. The maximum Gasteiger partial charge on any atom is 0.410 e. The number of aromatic nitrogens is 2. The maximum atomic E-state index is 12.4. The predicted octanol–water partition coefficient (Wildman–Crippen LogP) is 1.59. The van der Waals surface area contributed by atoms with Crippen molar-refractivity contribution in [3.8, 4) is 0 Å². The molecule has 2 rings (SSSR count). The van der Waals surface area contributed by atoms with E-state index in [1.165, 1.54) is 6.33 Å². The van der Waals surface area contributed by atoms with Crippen LogP contribution in [0, 0.1) is 0 Å². The van der Waals surface area contributed by atoms with Gasteiger partial charge in [0.2, 0.25) is 0 Å². The minimum absolute atomic E-state index is 0.0276. The highest BCUT2D eigenvalue weighted by Gasteiger charge is 2.36. The van der Waals surface area contributed by atoms with Crippen LogP contribution in [0.3, 0.4) is 0 Å². The number of carbonyl (C=O) groups is 2. The van der Waals surface area contributed by atoms with Gasteiger partial charge in [-0.2, -0.15) is 0 Å². The van der Waals surface area contributed by atoms with E-state index in [-0.39, 0.29) is 29.6 Å². The van der Waals surface area contributed by atoms with E-state index in [1.54, 1.807) is 4.90 Å². The number of ether oxygens (including phenoxy) is 1. The lowest BCUT2D eigenvalue weighted by Gasteiger charge is -2.44. The highest BCUT2D eigenvalue weighted by molar-refractivity contribution is 5.94. The third-order valence-corrected chi connectivity index (χ3v) is 3.95. The second kappa shape index (κ2) is 6.73. The monoisotopic (exact) mass is 351 g/mol. The summed E-state index contributed by atoms with van der Waals surface area (Å²) in [5, 5.41) is 9.17. The van der Waals surface area contributed by atoms with Crippen LogP contribution >= 0.6 is 0 Å². The van der Waals surface area contributed by atoms with Gasteiger partial charge in [0.1, 0.15) is 17.6 Å². The van der Waals surface area contributed by atoms with Crippen LogP contribution < -0.4 is 10.6 Å². The summed E-state index contributed by atoms with van der Waals surface area (Å²) in [6.07, 6.45) is 0.820. The Morgan fingerprint density at radius 1 is 1.24 bits per heavy atom. The molecule has 0 saturated carbocycles. The summed E-state index contributed by atoms with van der Waals surface area (Å²) < 4.78 is 5.45. The maximum absolute atomic E-state index is 12.4. The molecule has 0 spiro atoms. The van der Waals surface area contributed by atoms with Crippen LogP contribution in [-0.4, -0.2) is 62.8 Å². The van der Waals surface area contributed by atoms with Gasteiger partial charge in [0, 0.05) is 25.2 Å². The molecule has 9 nitrogen and oxygen atoms in total. The number of amides is 1. The Balaban J connectivity index is 2.22. The van der Waals surface area contributed by atoms with Crippen LogP contribution in [-0.2, 0) is 4.74 Å². The van der Waals surface area contributed by atoms with Crippen LogP contribution in [0.15, 0.2) is 6.33 Å². The largest absolute Gasteiger partial charge is 0.476 e. The number of anilines is 2. The lowest BCUT2D eigenvalue weighted by atomic mass is 10.1. The fourth-order valence-electron chi connectivity index (χ4n) is 2.78. The SMILES string of the molecule is C[C@@H]1CN(c2ncnc(C(=O)O)c2N)[C@@H](C)CN1C(=O)OC(C)(C)C. The van der Waals surface area contributed by atoms with Crippen molar-refractivity contribution in [2.75, 3.05) is 23.7 Å². The molecule has 1 amide bonds. The number of hydrogen-bond donors (Lipinski definition) is 2. The summed E-state index contributed by atoms with van der Waals surface area (Å²) in [5.74, 6) is -0.829. The van der Waals surface area contributed by atoms with Crippen molar-refractivity contribution < 1.29 is 19.4 Å². The summed E-state index contributed by atoms with van der Waals surface area (Å²) in [5.41, 5.74) is 5.19. The zero-order valence-corrected chi connectivity index (χ0v) is 15.2. The molecular weight excluding hydrogens is 326 g/mol. The van der Waals surface area contributed by atoms with Crippen LogP contribution in [0.5, 0.6) is 0 Å². The van der Waals surface area contributed by atoms with Crippen LogP contribution in [0.4, 0.5) is 16.3 Å². The van der Waals surface area contributed by atoms with Gasteiger partial charge in [-0.1, -0.05) is 0 Å². The number of nitrogens with two attached hydrogens (primary N) is 1. The van der Waals surface area contributed by atoms with E-state index in [0.717, 1.165) is 0 Å². The van der Waals surface area contributed by atoms with Crippen molar-refractivity contribution in [2.24, 2.45) is 0 Å². The second-order valence-corrected chi connectivity index (χ2v) is 7.25. The predicted molar refractivity (Wildman–Crippen MR) is 92.6 cm³/mol. The molecule has 2 atom stereocenters. The third-order valence-electron chi connectivity index (χ3n) is 3.95. The summed E-state index contributed by atoms with van der Waals surface area (Å²) >= 11 is 0. The molecule has 0 unspecified atom stereocenters. The Hall–Kier alpha value is -2.58. The summed E-state index contributed by atoms with van der Waals surface area (Å²) in [7, 11) is 0. The van der Waals surface area contributed by atoms with Gasteiger partial charge in [-0.05, 0) is 34.6 Å². The van der Waals surface area contributed by atoms with E-state index in [2.05, 4.69) is 9.97 Å². The van der Waals surface area contributed by atoms with Gasteiger partial charge in [0.15, 0.2) is 11.5 Å². The number of nitrogens with zero attached hydrogens (tertiary/aromatic N) is 4. The molecule has 0 bridgehead atoms. The van der Waals surface area contributed by atoms with E-state index in [9.17, 15) is 14.7 Å². The molecule has 25 heavy (non-hydrogen) atoms. The van der Waals surface area contributed by atoms with Gasteiger partial charge in [-0.3, -0.25) is 0 Å². The number of carboxylic acids is 1. The van der Waals surface area contributed by atoms with Gasteiger partial charge < -0.3 is 25.4 Å². The Bertz CT molecular complexity index is 673. The molecule has 1 aliphatic heterocycles. The molecule has 1 aromatic rings. The van der Waals surface area contributed by atoms with Crippen molar-refractivity contribution >= 4 is 23.6 Å². The molecule has 2 heterocycles. The lowest BCUT2D eigenvalue weighted by Crippen LogP contribution is -2.59. The molecule has 3 N–H and O–H groups in total. The number of aromatic carboxylic acids is 1. The average Bonchev–Trinajstić information content (AvgIpc) is 2.47. The summed E-state index contributed by atoms with van der Waals surface area (Å²) in [6, 6.07) is -0.253. The molecule has 1 aromatic heterocycles. The number of piperazine rings is 1. The van der Waals surface area contributed by atoms with Gasteiger partial charge in [0.05, 0.1) is 0 Å². The zero-order chi connectivity index (χ0) is 18.9. The first-order chi connectivity index (χ1) is 11.5. The van der Waals surface area contributed by atoms with E-state index in [0.29, 0.717) is 18.9 Å². The standard InChI is InChI=1S/C16H25N5O4/c1-9-7-21(15(24)25-16(3,4)5)10(2)6-20(9)13-11(17)12(14(22)23)18-8-19-13/h8-10H,6-7,17H2,1-5H3,(H,22,23)/t9-,10+/m0/s1. The number of nitrogen functional groups attached to an aromatic ring is 1. The first kappa shape index (κ1) is 18.8. The lowest BCUT2D eigenvalue weighted by molar-refractivity contribution is 0.0130. The summed E-state index contributed by atoms with van der Waals surface area (Å²) in [6.45, 7) is 10.2. The molecule has 1 saturated heterocycles. The molecule has 0 aromatic carbocycles. The van der Waals surface area contributed by atoms with Gasteiger partial charge in [0.25, 0.3) is 0 Å². The Morgan fingerprint density at radius 2 is 1.88 bits per heavy atom. The average molecular weight is 351 g/mol. The topological polar surface area (TPSA) is 122 Å².